The topological polar surface area (TPSA) is 73.6 Å². The van der Waals surface area contributed by atoms with Gasteiger partial charge in [0.25, 0.3) is 0 Å². The average molecular weight is 294 g/mol. The molecule has 3 N–H and O–H groups in total. The van der Waals surface area contributed by atoms with E-state index < -0.39 is 0 Å². The van der Waals surface area contributed by atoms with Crippen LogP contribution in [-0.2, 0) is 9.53 Å². The summed E-state index contributed by atoms with van der Waals surface area (Å²) in [6.07, 6.45) is 2.51. The normalized spacial score (nSPS) is 10.7. The molecule has 21 heavy (non-hydrogen) atoms. The van der Waals surface area contributed by atoms with E-state index in [1.165, 1.54) is 0 Å². The Morgan fingerprint density at radius 3 is 2.76 bits per heavy atom. The van der Waals surface area contributed by atoms with Crippen molar-refractivity contribution in [2.24, 2.45) is 5.92 Å². The quantitative estimate of drug-likeness (QED) is 0.542. The summed E-state index contributed by atoms with van der Waals surface area (Å²) in [6, 6.07) is 5.13. The highest BCUT2D eigenvalue weighted by molar-refractivity contribution is 5.92. The lowest BCUT2D eigenvalue weighted by Crippen LogP contribution is -2.15. The van der Waals surface area contributed by atoms with Crippen LogP contribution in [0.3, 0.4) is 0 Å². The van der Waals surface area contributed by atoms with Gasteiger partial charge in [0.2, 0.25) is 5.91 Å². The van der Waals surface area contributed by atoms with E-state index in [4.69, 9.17) is 15.2 Å². The van der Waals surface area contributed by atoms with Crippen LogP contribution in [0.4, 0.5) is 11.4 Å². The number of methoxy groups -OCH3 is 1. The molecule has 0 bridgehead atoms. The number of carbonyl (C=O) groups is 1. The maximum atomic E-state index is 11.8. The molecule has 1 aromatic rings. The molecule has 0 unspecified atom stereocenters. The predicted molar refractivity (Wildman–Crippen MR) is 85.5 cm³/mol. The minimum Gasteiger partial charge on any atom is -0.494 e. The standard InChI is InChI=1S/C16H26N2O3/c1-12(2)5-4-9-21-10-8-16(19)18-14-7-6-13(17)11-15(14)20-3/h6-7,11-12H,4-5,8-10,17H2,1-3H3,(H,18,19). The largest absolute Gasteiger partial charge is 0.494 e. The molecular formula is C16H26N2O3. The van der Waals surface area contributed by atoms with Crippen LogP contribution in [0.25, 0.3) is 0 Å². The minimum absolute atomic E-state index is 0.0954. The molecule has 0 spiro atoms. The summed E-state index contributed by atoms with van der Waals surface area (Å²) in [5, 5.41) is 2.80. The molecule has 0 radical (unpaired) electrons. The second-order valence-corrected chi connectivity index (χ2v) is 5.41. The fourth-order valence-electron chi connectivity index (χ4n) is 1.88. The summed E-state index contributed by atoms with van der Waals surface area (Å²) in [7, 11) is 1.54. The van der Waals surface area contributed by atoms with E-state index in [-0.39, 0.29) is 5.91 Å². The van der Waals surface area contributed by atoms with Gasteiger partial charge in [-0.25, -0.2) is 0 Å². The molecule has 0 saturated carbocycles. The SMILES string of the molecule is COc1cc(N)ccc1NC(=O)CCOCCCC(C)C. The van der Waals surface area contributed by atoms with Crippen LogP contribution >= 0.6 is 0 Å². The van der Waals surface area contributed by atoms with Gasteiger partial charge in [-0.15, -0.1) is 0 Å². The summed E-state index contributed by atoms with van der Waals surface area (Å²) < 4.78 is 10.6. The molecule has 1 amide bonds. The summed E-state index contributed by atoms with van der Waals surface area (Å²) in [6.45, 7) is 5.51. The van der Waals surface area contributed by atoms with Gasteiger partial charge in [-0.05, 0) is 30.9 Å². The molecule has 0 aliphatic rings. The van der Waals surface area contributed by atoms with Crippen LogP contribution in [0, 0.1) is 5.92 Å². The monoisotopic (exact) mass is 294 g/mol. The molecule has 1 rings (SSSR count). The Kier molecular flexibility index (Phi) is 7.61. The zero-order chi connectivity index (χ0) is 15.7. The zero-order valence-corrected chi connectivity index (χ0v) is 13.1. The summed E-state index contributed by atoms with van der Waals surface area (Å²) in [4.78, 5) is 11.8. The lowest BCUT2D eigenvalue weighted by Gasteiger charge is -2.11. The van der Waals surface area contributed by atoms with Crippen molar-refractivity contribution in [3.05, 3.63) is 18.2 Å². The van der Waals surface area contributed by atoms with Crippen LogP contribution in [0.1, 0.15) is 33.1 Å². The highest BCUT2D eigenvalue weighted by Crippen LogP contribution is 2.26. The van der Waals surface area contributed by atoms with Crippen molar-refractivity contribution in [3.63, 3.8) is 0 Å². The van der Waals surface area contributed by atoms with Crippen LogP contribution in [0.2, 0.25) is 0 Å². The van der Waals surface area contributed by atoms with Gasteiger partial charge in [0.05, 0.1) is 25.8 Å². The molecule has 5 heteroatoms. The van der Waals surface area contributed by atoms with Gasteiger partial charge < -0.3 is 20.5 Å². The fraction of sp³-hybridized carbons (Fsp3) is 0.562. The lowest BCUT2D eigenvalue weighted by atomic mass is 10.1. The molecule has 0 heterocycles. The third kappa shape index (κ3) is 6.99. The second-order valence-electron chi connectivity index (χ2n) is 5.41. The van der Waals surface area contributed by atoms with Crippen molar-refractivity contribution in [2.45, 2.75) is 33.1 Å². The van der Waals surface area contributed by atoms with Gasteiger partial charge in [0.1, 0.15) is 5.75 Å². The first-order valence-electron chi connectivity index (χ1n) is 7.34. The molecular weight excluding hydrogens is 268 g/mol. The highest BCUT2D eigenvalue weighted by atomic mass is 16.5. The van der Waals surface area contributed by atoms with E-state index in [0.717, 1.165) is 12.8 Å². The summed E-state index contributed by atoms with van der Waals surface area (Å²) >= 11 is 0. The highest BCUT2D eigenvalue weighted by Gasteiger charge is 2.07. The zero-order valence-electron chi connectivity index (χ0n) is 13.1. The molecule has 118 valence electrons. The van der Waals surface area contributed by atoms with E-state index >= 15 is 0 Å². The maximum Gasteiger partial charge on any atom is 0.226 e. The van der Waals surface area contributed by atoms with Crippen LogP contribution in [0.5, 0.6) is 5.75 Å². The number of benzene rings is 1. The van der Waals surface area contributed by atoms with E-state index in [0.29, 0.717) is 42.7 Å². The first-order valence-corrected chi connectivity index (χ1v) is 7.34. The Balaban J connectivity index is 2.28. The Morgan fingerprint density at radius 2 is 2.10 bits per heavy atom. The number of nitrogens with one attached hydrogen (secondary N) is 1. The maximum absolute atomic E-state index is 11.8. The van der Waals surface area contributed by atoms with Gasteiger partial charge in [0, 0.05) is 18.4 Å². The first kappa shape index (κ1) is 17.3. The van der Waals surface area contributed by atoms with E-state index in [2.05, 4.69) is 19.2 Å². The van der Waals surface area contributed by atoms with Crippen molar-refractivity contribution < 1.29 is 14.3 Å². The number of nitrogens with two attached hydrogens (primary N) is 1. The number of hydrogen-bond acceptors (Lipinski definition) is 4. The van der Waals surface area contributed by atoms with Gasteiger partial charge in [-0.1, -0.05) is 13.8 Å². The Hall–Kier alpha value is -1.75. The minimum atomic E-state index is -0.0954. The fourth-order valence-corrected chi connectivity index (χ4v) is 1.88. The molecule has 0 aromatic heterocycles. The number of amides is 1. The van der Waals surface area contributed by atoms with Crippen molar-refractivity contribution in [1.82, 2.24) is 0 Å². The number of anilines is 2. The van der Waals surface area contributed by atoms with Gasteiger partial charge in [-0.2, -0.15) is 0 Å². The van der Waals surface area contributed by atoms with E-state index in [9.17, 15) is 4.79 Å². The number of hydrogen-bond donors (Lipinski definition) is 2. The lowest BCUT2D eigenvalue weighted by molar-refractivity contribution is -0.117. The Morgan fingerprint density at radius 1 is 1.33 bits per heavy atom. The van der Waals surface area contributed by atoms with Gasteiger partial charge in [0.15, 0.2) is 0 Å². The Bertz CT molecular complexity index is 447. The predicted octanol–water partition coefficient (Wildman–Crippen LogP) is 3.06. The van der Waals surface area contributed by atoms with Gasteiger partial charge in [-0.3, -0.25) is 4.79 Å². The molecule has 1 aromatic carbocycles. The van der Waals surface area contributed by atoms with Crippen molar-refractivity contribution >= 4 is 17.3 Å². The Labute approximate surface area is 126 Å². The molecule has 0 aliphatic carbocycles. The molecule has 0 aliphatic heterocycles. The van der Waals surface area contributed by atoms with E-state index in [1.54, 1.807) is 25.3 Å². The summed E-state index contributed by atoms with van der Waals surface area (Å²) in [5.41, 5.74) is 6.89. The van der Waals surface area contributed by atoms with Crippen molar-refractivity contribution in [3.8, 4) is 5.75 Å². The first-order chi connectivity index (χ1) is 10.0. The molecule has 0 atom stereocenters. The number of carbonyl (C=O) groups excluding carboxylic acids is 1. The third-order valence-corrected chi connectivity index (χ3v) is 3.04. The summed E-state index contributed by atoms with van der Waals surface area (Å²) in [5.74, 6) is 1.15. The smallest absolute Gasteiger partial charge is 0.226 e. The van der Waals surface area contributed by atoms with Crippen LogP contribution in [-0.4, -0.2) is 26.2 Å². The van der Waals surface area contributed by atoms with Gasteiger partial charge >= 0.3 is 0 Å². The van der Waals surface area contributed by atoms with Crippen LogP contribution in [0.15, 0.2) is 18.2 Å². The van der Waals surface area contributed by atoms with Crippen LogP contribution < -0.4 is 15.8 Å². The molecule has 5 nitrogen and oxygen atoms in total. The van der Waals surface area contributed by atoms with Crippen molar-refractivity contribution in [1.29, 1.82) is 0 Å². The molecule has 0 fully saturated rings. The number of ether oxygens (including phenoxy) is 2. The third-order valence-electron chi connectivity index (χ3n) is 3.04. The second kappa shape index (κ2) is 9.23. The van der Waals surface area contributed by atoms with Crippen molar-refractivity contribution in [2.75, 3.05) is 31.4 Å². The number of rotatable bonds is 9. The molecule has 0 saturated heterocycles. The van der Waals surface area contributed by atoms with E-state index in [1.807, 2.05) is 0 Å². The average Bonchev–Trinajstić information content (AvgIpc) is 2.44. The number of nitrogen functional groups attached to an aromatic ring is 1.